The van der Waals surface area contributed by atoms with Crippen LogP contribution in [0.3, 0.4) is 0 Å². The summed E-state index contributed by atoms with van der Waals surface area (Å²) in [5, 5.41) is 3.43. The largest absolute Gasteiger partial charge is 0.311 e. The molecule has 4 nitrogen and oxygen atoms in total. The Morgan fingerprint density at radius 2 is 2.05 bits per heavy atom. The highest BCUT2D eigenvalue weighted by atomic mass is 15.1. The van der Waals surface area contributed by atoms with Gasteiger partial charge in [0, 0.05) is 56.9 Å². The van der Waals surface area contributed by atoms with Gasteiger partial charge in [0.15, 0.2) is 0 Å². The van der Waals surface area contributed by atoms with Crippen LogP contribution in [0.15, 0.2) is 48.9 Å². The van der Waals surface area contributed by atoms with Gasteiger partial charge >= 0.3 is 0 Å². The molecule has 0 radical (unpaired) electrons. The van der Waals surface area contributed by atoms with Crippen molar-refractivity contribution in [2.24, 2.45) is 0 Å². The molecule has 1 N–H and O–H groups in total. The van der Waals surface area contributed by atoms with Crippen LogP contribution in [0, 0.1) is 0 Å². The van der Waals surface area contributed by atoms with E-state index in [-0.39, 0.29) is 0 Å². The van der Waals surface area contributed by atoms with Gasteiger partial charge in [0.1, 0.15) is 0 Å². The summed E-state index contributed by atoms with van der Waals surface area (Å²) in [6.07, 6.45) is 6.55. The van der Waals surface area contributed by atoms with Gasteiger partial charge < -0.3 is 10.2 Å². The van der Waals surface area contributed by atoms with Crippen molar-refractivity contribution in [3.05, 3.63) is 60.2 Å². The summed E-state index contributed by atoms with van der Waals surface area (Å²) in [5.41, 5.74) is 2.38. The second-order valence-electron chi connectivity index (χ2n) is 4.91. The molecule has 2 rings (SSSR count). The molecule has 0 spiro atoms. The van der Waals surface area contributed by atoms with Crippen molar-refractivity contribution in [3.63, 3.8) is 0 Å². The van der Waals surface area contributed by atoms with Gasteiger partial charge in [-0.2, -0.15) is 0 Å². The second-order valence-corrected chi connectivity index (χ2v) is 4.91. The molecule has 2 heterocycles. The van der Waals surface area contributed by atoms with Crippen LogP contribution < -0.4 is 5.32 Å². The van der Waals surface area contributed by atoms with E-state index in [9.17, 15) is 0 Å². The fourth-order valence-electron chi connectivity index (χ4n) is 1.97. The maximum absolute atomic E-state index is 4.34. The lowest BCUT2D eigenvalue weighted by Crippen LogP contribution is -2.30. The van der Waals surface area contributed by atoms with E-state index in [0.717, 1.165) is 38.3 Å². The number of hydrogen-bond acceptors (Lipinski definition) is 4. The van der Waals surface area contributed by atoms with Crippen molar-refractivity contribution in [1.82, 2.24) is 20.2 Å². The van der Waals surface area contributed by atoms with Crippen molar-refractivity contribution < 1.29 is 0 Å². The lowest BCUT2D eigenvalue weighted by molar-refractivity contribution is 0.334. The lowest BCUT2D eigenvalue weighted by Gasteiger charge is -2.16. The Morgan fingerprint density at radius 3 is 2.80 bits per heavy atom. The van der Waals surface area contributed by atoms with Gasteiger partial charge in [0.25, 0.3) is 0 Å². The summed E-state index contributed by atoms with van der Waals surface area (Å²) in [5.74, 6) is 0. The molecule has 2 aromatic heterocycles. The van der Waals surface area contributed by atoms with Crippen molar-refractivity contribution in [2.45, 2.75) is 13.0 Å². The molecule has 106 valence electrons. The highest BCUT2D eigenvalue weighted by molar-refractivity contribution is 5.07. The molecule has 2 aromatic rings. The molecule has 20 heavy (non-hydrogen) atoms. The lowest BCUT2D eigenvalue weighted by atomic mass is 10.2. The van der Waals surface area contributed by atoms with Crippen LogP contribution in [0.4, 0.5) is 0 Å². The minimum absolute atomic E-state index is 0.877. The summed E-state index contributed by atoms with van der Waals surface area (Å²) in [4.78, 5) is 10.8. The molecule has 0 aliphatic heterocycles. The summed E-state index contributed by atoms with van der Waals surface area (Å²) >= 11 is 0. The predicted molar refractivity (Wildman–Crippen MR) is 81.4 cm³/mol. The number of pyridine rings is 2. The Balaban J connectivity index is 1.57. The van der Waals surface area contributed by atoms with Crippen LogP contribution in [0.1, 0.15) is 11.3 Å². The van der Waals surface area contributed by atoms with Gasteiger partial charge in [0.05, 0.1) is 0 Å². The summed E-state index contributed by atoms with van der Waals surface area (Å²) < 4.78 is 0. The van der Waals surface area contributed by atoms with Crippen molar-refractivity contribution in [2.75, 3.05) is 26.7 Å². The summed E-state index contributed by atoms with van der Waals surface area (Å²) in [7, 11) is 2.15. The Labute approximate surface area is 120 Å². The average Bonchev–Trinajstić information content (AvgIpc) is 2.52. The number of aromatic nitrogens is 2. The number of nitrogens with one attached hydrogen (secondary N) is 1. The monoisotopic (exact) mass is 270 g/mol. The molecule has 0 atom stereocenters. The van der Waals surface area contributed by atoms with E-state index < -0.39 is 0 Å². The van der Waals surface area contributed by atoms with Crippen molar-refractivity contribution in [1.29, 1.82) is 0 Å². The third-order valence-corrected chi connectivity index (χ3v) is 3.20. The molecule has 0 unspecified atom stereocenters. The molecule has 0 aliphatic carbocycles. The Morgan fingerprint density at radius 1 is 1.10 bits per heavy atom. The first-order valence-electron chi connectivity index (χ1n) is 7.02. The zero-order valence-electron chi connectivity index (χ0n) is 12.0. The van der Waals surface area contributed by atoms with Gasteiger partial charge in [0.2, 0.25) is 0 Å². The smallest absolute Gasteiger partial charge is 0.0416 e. The van der Waals surface area contributed by atoms with Crippen molar-refractivity contribution in [3.8, 4) is 0 Å². The van der Waals surface area contributed by atoms with Crippen LogP contribution in [-0.4, -0.2) is 41.5 Å². The van der Waals surface area contributed by atoms with E-state index in [2.05, 4.69) is 39.4 Å². The van der Waals surface area contributed by atoms with Crippen LogP contribution in [0.2, 0.25) is 0 Å². The average molecular weight is 270 g/mol. The zero-order chi connectivity index (χ0) is 14.0. The fourth-order valence-corrected chi connectivity index (χ4v) is 1.97. The van der Waals surface area contributed by atoms with E-state index in [1.165, 1.54) is 5.56 Å². The minimum atomic E-state index is 0.877. The van der Waals surface area contributed by atoms with Crippen LogP contribution >= 0.6 is 0 Å². The zero-order valence-corrected chi connectivity index (χ0v) is 12.0. The summed E-state index contributed by atoms with van der Waals surface area (Å²) in [6, 6.07) is 10.1. The normalized spacial score (nSPS) is 10.9. The van der Waals surface area contributed by atoms with Crippen LogP contribution in [-0.2, 0) is 13.0 Å². The fraction of sp³-hybridized carbons (Fsp3) is 0.375. The SMILES string of the molecule is CN(CCNCc1cccnc1)CCc1ccccn1. The van der Waals surface area contributed by atoms with Gasteiger partial charge in [-0.25, -0.2) is 0 Å². The highest BCUT2D eigenvalue weighted by Crippen LogP contribution is 1.97. The van der Waals surface area contributed by atoms with E-state index in [1.807, 2.05) is 30.6 Å². The first-order chi connectivity index (χ1) is 9.84. The van der Waals surface area contributed by atoms with Gasteiger partial charge in [-0.05, 0) is 30.8 Å². The first kappa shape index (κ1) is 14.6. The van der Waals surface area contributed by atoms with E-state index in [0.29, 0.717) is 0 Å². The molecule has 0 saturated heterocycles. The Kier molecular flexibility index (Phi) is 6.14. The molecule has 0 fully saturated rings. The number of likely N-dealkylation sites (N-methyl/N-ethyl adjacent to an activating group) is 1. The first-order valence-corrected chi connectivity index (χ1v) is 7.02. The van der Waals surface area contributed by atoms with E-state index in [1.54, 1.807) is 6.20 Å². The van der Waals surface area contributed by atoms with Crippen LogP contribution in [0.25, 0.3) is 0 Å². The molecular weight excluding hydrogens is 248 g/mol. The Bertz CT molecular complexity index is 472. The van der Waals surface area contributed by atoms with E-state index >= 15 is 0 Å². The van der Waals surface area contributed by atoms with Gasteiger partial charge in [-0.15, -0.1) is 0 Å². The number of rotatable bonds is 8. The molecule has 0 amide bonds. The molecule has 0 saturated carbocycles. The summed E-state index contributed by atoms with van der Waals surface area (Å²) in [6.45, 7) is 3.92. The number of hydrogen-bond donors (Lipinski definition) is 1. The van der Waals surface area contributed by atoms with Crippen LogP contribution in [0.5, 0.6) is 0 Å². The molecule has 4 heteroatoms. The third-order valence-electron chi connectivity index (χ3n) is 3.20. The maximum Gasteiger partial charge on any atom is 0.0416 e. The van der Waals surface area contributed by atoms with Gasteiger partial charge in [-0.1, -0.05) is 12.1 Å². The standard InChI is InChI=1S/C16H22N4/c1-20(11-7-16-6-2-3-9-19-16)12-10-18-14-15-5-4-8-17-13-15/h2-6,8-9,13,18H,7,10-12,14H2,1H3. The molecule has 0 bridgehead atoms. The minimum Gasteiger partial charge on any atom is -0.311 e. The molecular formula is C16H22N4. The van der Waals surface area contributed by atoms with Gasteiger partial charge in [-0.3, -0.25) is 9.97 Å². The van der Waals surface area contributed by atoms with E-state index in [4.69, 9.17) is 0 Å². The molecule has 0 aliphatic rings. The Hall–Kier alpha value is -1.78. The third kappa shape index (κ3) is 5.47. The second kappa shape index (κ2) is 8.40. The number of nitrogens with zero attached hydrogens (tertiary/aromatic N) is 3. The van der Waals surface area contributed by atoms with Crippen molar-refractivity contribution >= 4 is 0 Å². The topological polar surface area (TPSA) is 41.0 Å². The molecule has 0 aromatic carbocycles. The highest BCUT2D eigenvalue weighted by Gasteiger charge is 2.00. The quantitative estimate of drug-likeness (QED) is 0.742. The predicted octanol–water partition coefficient (Wildman–Crippen LogP) is 1.74. The maximum atomic E-state index is 4.34.